The molecule has 0 fully saturated rings. The molecular formula is C20H16N4O3S. The smallest absolute Gasteiger partial charge is 0.360 e. The third kappa shape index (κ3) is 3.63. The Morgan fingerprint density at radius 3 is 2.68 bits per heavy atom. The van der Waals surface area contributed by atoms with E-state index in [9.17, 15) is 9.59 Å². The minimum absolute atomic E-state index is 0.149. The fourth-order valence-electron chi connectivity index (χ4n) is 2.67. The molecule has 2 aromatic heterocycles. The van der Waals surface area contributed by atoms with E-state index in [1.54, 1.807) is 12.1 Å². The molecule has 0 aliphatic carbocycles. The van der Waals surface area contributed by atoms with Crippen molar-refractivity contribution in [3.05, 3.63) is 65.7 Å². The second kappa shape index (κ2) is 7.61. The average Bonchev–Trinajstić information content (AvgIpc) is 3.35. The number of nitrogens with one attached hydrogen (secondary N) is 2. The van der Waals surface area contributed by atoms with Gasteiger partial charge in [0.1, 0.15) is 0 Å². The van der Waals surface area contributed by atoms with Gasteiger partial charge in [-0.2, -0.15) is 5.10 Å². The van der Waals surface area contributed by atoms with Gasteiger partial charge in [0.15, 0.2) is 16.9 Å². The number of carbonyl (C=O) groups is 2. The number of hydrogen-bond acceptors (Lipinski definition) is 6. The molecule has 4 aromatic rings. The summed E-state index contributed by atoms with van der Waals surface area (Å²) >= 11 is 1.31. The average molecular weight is 392 g/mol. The minimum Gasteiger partial charge on any atom is -0.448 e. The highest BCUT2D eigenvalue weighted by molar-refractivity contribution is 7.14. The lowest BCUT2D eigenvalue weighted by Crippen LogP contribution is -2.30. The molecule has 0 saturated heterocycles. The first kappa shape index (κ1) is 17.9. The fraction of sp³-hybridized carbons (Fsp3) is 0.100. The molecule has 0 aliphatic heterocycles. The van der Waals surface area contributed by atoms with Crippen LogP contribution in [0, 0.1) is 0 Å². The van der Waals surface area contributed by atoms with E-state index in [2.05, 4.69) is 20.5 Å². The van der Waals surface area contributed by atoms with Crippen molar-refractivity contribution >= 4 is 39.2 Å². The summed E-state index contributed by atoms with van der Waals surface area (Å²) in [5.41, 5.74) is 2.61. The molecular weight excluding hydrogens is 376 g/mol. The number of nitrogens with zero attached hydrogens (tertiary/aromatic N) is 2. The maximum Gasteiger partial charge on any atom is 0.360 e. The van der Waals surface area contributed by atoms with Gasteiger partial charge in [0.2, 0.25) is 0 Å². The molecule has 0 unspecified atom stereocenters. The molecule has 0 bridgehead atoms. The van der Waals surface area contributed by atoms with E-state index in [0.29, 0.717) is 10.5 Å². The van der Waals surface area contributed by atoms with E-state index < -0.39 is 18.0 Å². The fourth-order valence-corrected chi connectivity index (χ4v) is 3.39. The largest absolute Gasteiger partial charge is 0.448 e. The molecule has 0 aliphatic rings. The van der Waals surface area contributed by atoms with Crippen LogP contribution in [0.15, 0.2) is 60.0 Å². The number of esters is 1. The van der Waals surface area contributed by atoms with Crippen LogP contribution in [0.2, 0.25) is 0 Å². The van der Waals surface area contributed by atoms with Gasteiger partial charge in [-0.1, -0.05) is 48.5 Å². The quantitative estimate of drug-likeness (QED) is 0.503. The van der Waals surface area contributed by atoms with Crippen LogP contribution in [0.3, 0.4) is 0 Å². The lowest BCUT2D eigenvalue weighted by atomic mass is 10.2. The number of thiazole rings is 1. The predicted molar refractivity (Wildman–Crippen MR) is 107 cm³/mol. The van der Waals surface area contributed by atoms with Gasteiger partial charge in [0, 0.05) is 16.3 Å². The zero-order valence-corrected chi connectivity index (χ0v) is 15.7. The Labute approximate surface area is 164 Å². The Morgan fingerprint density at radius 1 is 1.11 bits per heavy atom. The summed E-state index contributed by atoms with van der Waals surface area (Å²) in [4.78, 5) is 29.2. The Kier molecular flexibility index (Phi) is 4.86. The third-order valence-electron chi connectivity index (χ3n) is 4.12. The van der Waals surface area contributed by atoms with Crippen molar-refractivity contribution in [1.29, 1.82) is 0 Å². The van der Waals surface area contributed by atoms with Crippen LogP contribution >= 0.6 is 11.3 Å². The molecule has 4 rings (SSSR count). The van der Waals surface area contributed by atoms with Crippen LogP contribution in [0.1, 0.15) is 17.4 Å². The molecule has 2 N–H and O–H groups in total. The van der Waals surface area contributed by atoms with E-state index in [4.69, 9.17) is 4.74 Å². The summed E-state index contributed by atoms with van der Waals surface area (Å²) in [6.07, 6.45) is -0.993. The van der Waals surface area contributed by atoms with Crippen LogP contribution < -0.4 is 5.32 Å². The number of anilines is 1. The normalized spacial score (nSPS) is 11.9. The summed E-state index contributed by atoms with van der Waals surface area (Å²) < 4.78 is 5.27. The summed E-state index contributed by atoms with van der Waals surface area (Å²) in [6, 6.07) is 16.9. The van der Waals surface area contributed by atoms with Gasteiger partial charge in [0.25, 0.3) is 5.91 Å². The van der Waals surface area contributed by atoms with Gasteiger partial charge < -0.3 is 4.74 Å². The monoisotopic (exact) mass is 392 g/mol. The van der Waals surface area contributed by atoms with Crippen LogP contribution in [-0.4, -0.2) is 33.2 Å². The third-order valence-corrected chi connectivity index (χ3v) is 4.88. The highest BCUT2D eigenvalue weighted by Crippen LogP contribution is 2.25. The molecule has 0 radical (unpaired) electrons. The highest BCUT2D eigenvalue weighted by Gasteiger charge is 2.23. The van der Waals surface area contributed by atoms with E-state index >= 15 is 0 Å². The Balaban J connectivity index is 1.41. The molecule has 0 spiro atoms. The van der Waals surface area contributed by atoms with Gasteiger partial charge in [-0.05, 0) is 13.0 Å². The molecule has 2 heterocycles. The summed E-state index contributed by atoms with van der Waals surface area (Å²) in [5.74, 6) is -1.12. The second-order valence-corrected chi connectivity index (χ2v) is 6.92. The topological polar surface area (TPSA) is 97.0 Å². The number of H-pyrrole nitrogens is 1. The van der Waals surface area contributed by atoms with E-state index in [1.807, 2.05) is 47.8 Å². The van der Waals surface area contributed by atoms with Crippen LogP contribution in [0.4, 0.5) is 5.13 Å². The first-order valence-corrected chi connectivity index (χ1v) is 9.45. The number of aromatic nitrogens is 3. The maximum absolute atomic E-state index is 12.4. The van der Waals surface area contributed by atoms with Crippen LogP contribution in [0.25, 0.3) is 22.2 Å². The lowest BCUT2D eigenvalue weighted by molar-refractivity contribution is -0.123. The highest BCUT2D eigenvalue weighted by atomic mass is 32.1. The van der Waals surface area contributed by atoms with Gasteiger partial charge in [-0.25, -0.2) is 9.78 Å². The molecule has 8 heteroatoms. The zero-order chi connectivity index (χ0) is 19.5. The number of fused-ring (bicyclic) bond motifs is 1. The van der Waals surface area contributed by atoms with Crippen molar-refractivity contribution in [2.24, 2.45) is 0 Å². The van der Waals surface area contributed by atoms with Crippen molar-refractivity contribution in [3.8, 4) is 11.3 Å². The van der Waals surface area contributed by atoms with Crippen LogP contribution in [0.5, 0.6) is 0 Å². The summed E-state index contributed by atoms with van der Waals surface area (Å²) in [6.45, 7) is 1.51. The number of para-hydroxylation sites is 1. The molecule has 1 atom stereocenters. The summed E-state index contributed by atoms with van der Waals surface area (Å²) in [5, 5.41) is 12.4. The number of carbonyl (C=O) groups excluding carboxylic acids is 2. The Hall–Kier alpha value is -3.52. The van der Waals surface area contributed by atoms with E-state index in [0.717, 1.165) is 16.8 Å². The number of amides is 1. The molecule has 28 heavy (non-hydrogen) atoms. The second-order valence-electron chi connectivity index (χ2n) is 6.06. The molecule has 0 saturated carbocycles. The number of ether oxygens (including phenoxy) is 1. The maximum atomic E-state index is 12.4. The first-order chi connectivity index (χ1) is 13.6. The number of hydrogen-bond donors (Lipinski definition) is 2. The molecule has 1 amide bonds. The standard InChI is InChI=1S/C20H16N4O3S/c1-12(27-19(26)17-14-9-5-6-10-15(14)23-24-17)18(25)22-20-21-16(11-28-20)13-7-3-2-4-8-13/h2-12H,1H3,(H,23,24)(H,21,22,25)/t12-/m1/s1. The van der Waals surface area contributed by atoms with E-state index in [-0.39, 0.29) is 5.69 Å². The molecule has 140 valence electrons. The minimum atomic E-state index is -0.993. The number of aromatic amines is 1. The molecule has 7 nitrogen and oxygen atoms in total. The van der Waals surface area contributed by atoms with Crippen molar-refractivity contribution in [2.75, 3.05) is 5.32 Å². The van der Waals surface area contributed by atoms with E-state index in [1.165, 1.54) is 18.3 Å². The SMILES string of the molecule is C[C@@H](OC(=O)c1n[nH]c2ccccc12)C(=O)Nc1nc(-c2ccccc2)cs1. The zero-order valence-electron chi connectivity index (χ0n) is 14.9. The Bertz CT molecular complexity index is 1140. The van der Waals surface area contributed by atoms with Crippen LogP contribution in [-0.2, 0) is 9.53 Å². The summed E-state index contributed by atoms with van der Waals surface area (Å²) in [7, 11) is 0. The van der Waals surface area contributed by atoms with Gasteiger partial charge in [-0.15, -0.1) is 11.3 Å². The van der Waals surface area contributed by atoms with Crippen molar-refractivity contribution in [1.82, 2.24) is 15.2 Å². The molecule has 2 aromatic carbocycles. The van der Waals surface area contributed by atoms with Crippen molar-refractivity contribution in [2.45, 2.75) is 13.0 Å². The van der Waals surface area contributed by atoms with Gasteiger partial charge in [-0.3, -0.25) is 15.2 Å². The van der Waals surface area contributed by atoms with Gasteiger partial charge >= 0.3 is 5.97 Å². The Morgan fingerprint density at radius 2 is 1.86 bits per heavy atom. The number of rotatable bonds is 5. The van der Waals surface area contributed by atoms with Crippen molar-refractivity contribution < 1.29 is 14.3 Å². The first-order valence-electron chi connectivity index (χ1n) is 8.58. The van der Waals surface area contributed by atoms with Gasteiger partial charge in [0.05, 0.1) is 11.2 Å². The number of benzene rings is 2. The van der Waals surface area contributed by atoms with Crippen molar-refractivity contribution in [3.63, 3.8) is 0 Å². The lowest BCUT2D eigenvalue weighted by Gasteiger charge is -2.11. The predicted octanol–water partition coefficient (Wildman–Crippen LogP) is 3.87.